The Kier molecular flexibility index (Phi) is 3.23. The summed E-state index contributed by atoms with van der Waals surface area (Å²) in [4.78, 5) is 12.2. The van der Waals surface area contributed by atoms with Gasteiger partial charge < -0.3 is 10.6 Å². The summed E-state index contributed by atoms with van der Waals surface area (Å²) in [5.74, 6) is -0.258. The van der Waals surface area contributed by atoms with Gasteiger partial charge in [-0.3, -0.25) is 9.48 Å². The van der Waals surface area contributed by atoms with E-state index in [1.807, 2.05) is 14.0 Å². The summed E-state index contributed by atoms with van der Waals surface area (Å²) in [6, 6.07) is 0.300. The second kappa shape index (κ2) is 5.04. The van der Waals surface area contributed by atoms with Gasteiger partial charge in [0.25, 0.3) is 5.91 Å². The molecule has 0 atom stereocenters. The second-order valence-electron chi connectivity index (χ2n) is 4.87. The number of hydrogen-bond donors (Lipinski definition) is 2. The Balaban J connectivity index is 1.73. The van der Waals surface area contributed by atoms with E-state index in [0.29, 0.717) is 11.7 Å². The highest BCUT2D eigenvalue weighted by molar-refractivity contribution is 6.02. The van der Waals surface area contributed by atoms with Crippen LogP contribution in [0.3, 0.4) is 0 Å². The van der Waals surface area contributed by atoms with Gasteiger partial charge in [0.2, 0.25) is 0 Å². The maximum atomic E-state index is 12.2. The van der Waals surface area contributed by atoms with E-state index in [9.17, 15) is 4.79 Å². The van der Waals surface area contributed by atoms with E-state index in [0.717, 1.165) is 30.9 Å². The maximum absolute atomic E-state index is 12.2. The topological polar surface area (TPSA) is 89.7 Å². The van der Waals surface area contributed by atoms with Crippen molar-refractivity contribution in [3.8, 4) is 0 Å². The zero-order chi connectivity index (χ0) is 14.1. The van der Waals surface area contributed by atoms with Crippen LogP contribution in [0, 0.1) is 0 Å². The van der Waals surface area contributed by atoms with Crippen LogP contribution in [0.4, 0.5) is 5.69 Å². The number of aryl methyl sites for hydroxylation is 2. The van der Waals surface area contributed by atoms with E-state index < -0.39 is 0 Å². The number of nitrogens with zero attached hydrogens (tertiary/aromatic N) is 5. The molecular formula is C12H17N7O. The maximum Gasteiger partial charge on any atom is 0.277 e. The van der Waals surface area contributed by atoms with Crippen molar-refractivity contribution >= 4 is 11.6 Å². The lowest BCUT2D eigenvalue weighted by atomic mass is 10.2. The molecule has 1 aliphatic rings. The van der Waals surface area contributed by atoms with Crippen molar-refractivity contribution in [2.45, 2.75) is 19.4 Å². The molecule has 0 spiro atoms. The van der Waals surface area contributed by atoms with Crippen molar-refractivity contribution < 1.29 is 4.79 Å². The van der Waals surface area contributed by atoms with Gasteiger partial charge >= 0.3 is 0 Å². The molecule has 3 rings (SSSR count). The summed E-state index contributed by atoms with van der Waals surface area (Å²) >= 11 is 0. The average Bonchev–Trinajstić information content (AvgIpc) is 2.94. The Bertz CT molecular complexity index is 626. The summed E-state index contributed by atoms with van der Waals surface area (Å²) in [6.07, 6.45) is 4.23. The number of hydrogen-bond acceptors (Lipinski definition) is 5. The van der Waals surface area contributed by atoms with Crippen molar-refractivity contribution in [2.24, 2.45) is 7.05 Å². The van der Waals surface area contributed by atoms with Crippen LogP contribution >= 0.6 is 0 Å². The van der Waals surface area contributed by atoms with Crippen molar-refractivity contribution in [1.29, 1.82) is 0 Å². The number of carbonyl (C=O) groups excluding carboxylic acids is 1. The van der Waals surface area contributed by atoms with Crippen LogP contribution in [0.15, 0.2) is 12.4 Å². The molecule has 0 bridgehead atoms. The van der Waals surface area contributed by atoms with Gasteiger partial charge in [0.05, 0.1) is 23.6 Å². The third-order valence-electron chi connectivity index (χ3n) is 3.37. The standard InChI is InChI=1S/C12H17N7O/c1-3-9-10(6-18(2)16-9)14-12(20)11-7-19(17-15-11)8-4-13-5-8/h6-8,13H,3-5H2,1-2H3,(H,14,20). The fourth-order valence-electron chi connectivity index (χ4n) is 2.11. The molecule has 2 N–H and O–H groups in total. The zero-order valence-corrected chi connectivity index (χ0v) is 11.5. The molecule has 1 aliphatic heterocycles. The molecule has 8 heteroatoms. The average molecular weight is 275 g/mol. The molecule has 0 aliphatic carbocycles. The summed E-state index contributed by atoms with van der Waals surface area (Å²) in [6.45, 7) is 3.73. The number of nitrogens with one attached hydrogen (secondary N) is 2. The summed E-state index contributed by atoms with van der Waals surface area (Å²) in [5, 5.41) is 18.2. The van der Waals surface area contributed by atoms with E-state index in [1.54, 1.807) is 21.8 Å². The minimum Gasteiger partial charge on any atom is -0.318 e. The highest BCUT2D eigenvalue weighted by atomic mass is 16.2. The SMILES string of the molecule is CCc1nn(C)cc1NC(=O)c1cn(C2CNC2)nn1. The van der Waals surface area contributed by atoms with E-state index in [-0.39, 0.29) is 5.91 Å². The first-order valence-electron chi connectivity index (χ1n) is 6.63. The number of aromatic nitrogens is 5. The van der Waals surface area contributed by atoms with Gasteiger partial charge in [-0.25, -0.2) is 4.68 Å². The monoisotopic (exact) mass is 275 g/mol. The summed E-state index contributed by atoms with van der Waals surface area (Å²) in [5.41, 5.74) is 1.90. The highest BCUT2D eigenvalue weighted by Gasteiger charge is 2.22. The van der Waals surface area contributed by atoms with Gasteiger partial charge in [0.15, 0.2) is 5.69 Å². The van der Waals surface area contributed by atoms with Crippen LogP contribution in [-0.4, -0.2) is 43.8 Å². The van der Waals surface area contributed by atoms with Gasteiger partial charge in [0.1, 0.15) is 0 Å². The van der Waals surface area contributed by atoms with E-state index in [4.69, 9.17) is 0 Å². The first kappa shape index (κ1) is 12.8. The van der Waals surface area contributed by atoms with Crippen molar-refractivity contribution in [3.05, 3.63) is 23.8 Å². The molecule has 1 amide bonds. The smallest absolute Gasteiger partial charge is 0.277 e. The Labute approximate surface area is 116 Å². The summed E-state index contributed by atoms with van der Waals surface area (Å²) < 4.78 is 3.42. The number of amides is 1. The highest BCUT2D eigenvalue weighted by Crippen LogP contribution is 2.15. The second-order valence-corrected chi connectivity index (χ2v) is 4.87. The minimum absolute atomic E-state index is 0.258. The van der Waals surface area contributed by atoms with Gasteiger partial charge in [-0.1, -0.05) is 12.1 Å². The molecule has 3 heterocycles. The first-order chi connectivity index (χ1) is 9.67. The third-order valence-corrected chi connectivity index (χ3v) is 3.37. The van der Waals surface area contributed by atoms with Crippen LogP contribution in [0.25, 0.3) is 0 Å². The summed E-state index contributed by atoms with van der Waals surface area (Å²) in [7, 11) is 1.83. The van der Waals surface area contributed by atoms with Crippen molar-refractivity contribution in [2.75, 3.05) is 18.4 Å². The molecule has 0 unspecified atom stereocenters. The molecule has 0 aromatic carbocycles. The molecule has 0 radical (unpaired) electrons. The molecule has 1 fully saturated rings. The minimum atomic E-state index is -0.258. The van der Waals surface area contributed by atoms with Crippen LogP contribution in [0.5, 0.6) is 0 Å². The number of carbonyl (C=O) groups is 1. The van der Waals surface area contributed by atoms with Crippen LogP contribution in [0.2, 0.25) is 0 Å². The van der Waals surface area contributed by atoms with Gasteiger partial charge in [-0.15, -0.1) is 5.10 Å². The molecule has 1 saturated heterocycles. The van der Waals surface area contributed by atoms with E-state index >= 15 is 0 Å². The number of anilines is 1. The Morgan fingerprint density at radius 2 is 2.30 bits per heavy atom. The fourth-order valence-corrected chi connectivity index (χ4v) is 2.11. The molecule has 20 heavy (non-hydrogen) atoms. The van der Waals surface area contributed by atoms with E-state index in [2.05, 4.69) is 26.0 Å². The van der Waals surface area contributed by atoms with Gasteiger partial charge in [-0.05, 0) is 6.42 Å². The molecule has 106 valence electrons. The molecule has 2 aromatic heterocycles. The predicted molar refractivity (Wildman–Crippen MR) is 72.5 cm³/mol. The molecular weight excluding hydrogens is 258 g/mol. The Morgan fingerprint density at radius 3 is 2.95 bits per heavy atom. The largest absolute Gasteiger partial charge is 0.318 e. The van der Waals surface area contributed by atoms with E-state index in [1.165, 1.54) is 0 Å². The molecule has 8 nitrogen and oxygen atoms in total. The van der Waals surface area contributed by atoms with Gasteiger partial charge in [0, 0.05) is 26.3 Å². The Morgan fingerprint density at radius 1 is 1.50 bits per heavy atom. The quantitative estimate of drug-likeness (QED) is 0.818. The van der Waals surface area contributed by atoms with Crippen molar-refractivity contribution in [3.63, 3.8) is 0 Å². The first-order valence-corrected chi connectivity index (χ1v) is 6.63. The molecule has 0 saturated carbocycles. The zero-order valence-electron chi connectivity index (χ0n) is 11.5. The van der Waals surface area contributed by atoms with Crippen LogP contribution in [-0.2, 0) is 13.5 Å². The Hall–Kier alpha value is -2.22. The lowest BCUT2D eigenvalue weighted by Crippen LogP contribution is -2.43. The van der Waals surface area contributed by atoms with Gasteiger partial charge in [-0.2, -0.15) is 5.10 Å². The normalized spacial score (nSPS) is 15.1. The fraction of sp³-hybridized carbons (Fsp3) is 0.500. The lowest BCUT2D eigenvalue weighted by Gasteiger charge is -2.26. The van der Waals surface area contributed by atoms with Crippen LogP contribution < -0.4 is 10.6 Å². The number of rotatable bonds is 4. The van der Waals surface area contributed by atoms with Crippen LogP contribution in [0.1, 0.15) is 29.1 Å². The molecule has 2 aromatic rings. The lowest BCUT2D eigenvalue weighted by molar-refractivity contribution is 0.102. The third kappa shape index (κ3) is 2.29. The predicted octanol–water partition coefficient (Wildman–Crippen LogP) is -0.0294. The van der Waals surface area contributed by atoms with Crippen molar-refractivity contribution in [1.82, 2.24) is 30.1 Å².